The number of carbonyl (C=O) groups is 1. The summed E-state index contributed by atoms with van der Waals surface area (Å²) in [4.78, 5) is 29.7. The van der Waals surface area contributed by atoms with E-state index in [0.717, 1.165) is 54.1 Å². The summed E-state index contributed by atoms with van der Waals surface area (Å²) < 4.78 is 7.06. The van der Waals surface area contributed by atoms with Crippen molar-refractivity contribution in [3.8, 4) is 0 Å². The van der Waals surface area contributed by atoms with Gasteiger partial charge in [-0.3, -0.25) is 14.6 Å². The number of aromatic nitrogens is 3. The number of hydrogen-bond acceptors (Lipinski definition) is 5. The highest BCUT2D eigenvalue weighted by Gasteiger charge is 2.27. The van der Waals surface area contributed by atoms with Crippen LogP contribution in [-0.4, -0.2) is 33.3 Å². The molecule has 154 valence electrons. The Morgan fingerprint density at radius 1 is 1.13 bits per heavy atom. The van der Waals surface area contributed by atoms with Crippen molar-refractivity contribution in [1.82, 2.24) is 20.1 Å². The summed E-state index contributed by atoms with van der Waals surface area (Å²) >= 11 is 0. The first kappa shape index (κ1) is 18.9. The molecular formula is C23H24N4O3. The molecule has 5 rings (SSSR count). The van der Waals surface area contributed by atoms with Crippen molar-refractivity contribution in [2.75, 3.05) is 6.61 Å². The van der Waals surface area contributed by atoms with E-state index < -0.39 is 0 Å². The molecule has 0 unspecified atom stereocenters. The van der Waals surface area contributed by atoms with Gasteiger partial charge in [0.05, 0.1) is 24.9 Å². The molecule has 2 aromatic heterocycles. The fourth-order valence-corrected chi connectivity index (χ4v) is 4.51. The molecule has 1 saturated carbocycles. The van der Waals surface area contributed by atoms with Crippen LogP contribution in [0.4, 0.5) is 0 Å². The van der Waals surface area contributed by atoms with Gasteiger partial charge in [0.15, 0.2) is 0 Å². The molecule has 2 aliphatic rings. The molecule has 0 spiro atoms. The van der Waals surface area contributed by atoms with Crippen LogP contribution in [0, 0.1) is 0 Å². The number of amides is 1. The first-order chi connectivity index (χ1) is 14.7. The van der Waals surface area contributed by atoms with Gasteiger partial charge in [-0.1, -0.05) is 24.3 Å². The van der Waals surface area contributed by atoms with E-state index in [-0.39, 0.29) is 23.6 Å². The van der Waals surface area contributed by atoms with E-state index in [2.05, 4.69) is 15.4 Å². The predicted molar refractivity (Wildman–Crippen MR) is 112 cm³/mol. The second-order valence-electron chi connectivity index (χ2n) is 8.06. The van der Waals surface area contributed by atoms with Crippen LogP contribution in [0.2, 0.25) is 0 Å². The van der Waals surface area contributed by atoms with E-state index in [4.69, 9.17) is 4.74 Å². The summed E-state index contributed by atoms with van der Waals surface area (Å²) in [5, 5.41) is 9.63. The molecule has 1 aromatic carbocycles. The first-order valence-corrected chi connectivity index (χ1v) is 10.5. The number of hydrogen-bond donors (Lipinski definition) is 1. The number of nitrogens with zero attached hydrogens (tertiary/aromatic N) is 3. The van der Waals surface area contributed by atoms with Crippen molar-refractivity contribution < 1.29 is 9.53 Å². The van der Waals surface area contributed by atoms with Gasteiger partial charge in [-0.05, 0) is 37.1 Å². The van der Waals surface area contributed by atoms with Crippen LogP contribution < -0.4 is 10.9 Å². The van der Waals surface area contributed by atoms with Gasteiger partial charge in [0.2, 0.25) is 0 Å². The third-order valence-corrected chi connectivity index (χ3v) is 6.13. The molecule has 0 radical (unpaired) electrons. The minimum atomic E-state index is -0.140. The maximum absolute atomic E-state index is 12.8. The lowest BCUT2D eigenvalue weighted by atomic mass is 9.91. The lowest BCUT2D eigenvalue weighted by molar-refractivity contribution is 0.0917. The monoisotopic (exact) mass is 404 g/mol. The molecule has 3 heterocycles. The lowest BCUT2D eigenvalue weighted by Gasteiger charge is -2.30. The summed E-state index contributed by atoms with van der Waals surface area (Å²) in [6, 6.07) is 11.5. The van der Waals surface area contributed by atoms with Crippen LogP contribution in [0.15, 0.2) is 47.4 Å². The number of fused-ring (bicyclic) bond motifs is 2. The van der Waals surface area contributed by atoms with Crippen molar-refractivity contribution in [2.45, 2.75) is 50.8 Å². The van der Waals surface area contributed by atoms with Crippen LogP contribution in [0.1, 0.15) is 53.5 Å². The Morgan fingerprint density at radius 2 is 1.97 bits per heavy atom. The highest BCUT2D eigenvalue weighted by Crippen LogP contribution is 2.28. The number of ether oxygens (including phenoxy) is 1. The molecule has 7 heteroatoms. The van der Waals surface area contributed by atoms with Crippen molar-refractivity contribution in [3.05, 3.63) is 69.9 Å². The zero-order chi connectivity index (χ0) is 20.5. The molecule has 0 atom stereocenters. The molecule has 1 fully saturated rings. The lowest BCUT2D eigenvalue weighted by Crippen LogP contribution is -2.40. The van der Waals surface area contributed by atoms with Crippen molar-refractivity contribution in [2.24, 2.45) is 0 Å². The van der Waals surface area contributed by atoms with E-state index in [1.165, 1.54) is 0 Å². The molecule has 1 N–H and O–H groups in total. The van der Waals surface area contributed by atoms with Crippen LogP contribution >= 0.6 is 0 Å². The smallest absolute Gasteiger partial charge is 0.270 e. The zero-order valence-electron chi connectivity index (χ0n) is 16.7. The van der Waals surface area contributed by atoms with E-state index in [0.29, 0.717) is 18.9 Å². The van der Waals surface area contributed by atoms with Crippen molar-refractivity contribution in [1.29, 1.82) is 0 Å². The molecule has 1 aliphatic heterocycles. The molecule has 3 aromatic rings. The van der Waals surface area contributed by atoms with Gasteiger partial charge >= 0.3 is 0 Å². The van der Waals surface area contributed by atoms with Crippen LogP contribution in [0.25, 0.3) is 10.8 Å². The minimum absolute atomic E-state index is 0.0632. The third-order valence-electron chi connectivity index (χ3n) is 6.13. The maximum atomic E-state index is 12.8. The van der Waals surface area contributed by atoms with Gasteiger partial charge in [0.1, 0.15) is 5.69 Å². The van der Waals surface area contributed by atoms with E-state index in [1.54, 1.807) is 16.9 Å². The summed E-state index contributed by atoms with van der Waals surface area (Å²) in [5.41, 5.74) is 2.28. The number of rotatable bonds is 3. The topological polar surface area (TPSA) is 86.1 Å². The Labute approximate surface area is 174 Å². The molecule has 0 saturated heterocycles. The first-order valence-electron chi connectivity index (χ1n) is 10.5. The highest BCUT2D eigenvalue weighted by atomic mass is 16.5. The maximum Gasteiger partial charge on any atom is 0.270 e. The average Bonchev–Trinajstić information content (AvgIpc) is 2.79. The van der Waals surface area contributed by atoms with E-state index >= 15 is 0 Å². The molecule has 1 aliphatic carbocycles. The fourth-order valence-electron chi connectivity index (χ4n) is 4.51. The summed E-state index contributed by atoms with van der Waals surface area (Å²) in [6.07, 6.45) is 5.68. The zero-order valence-corrected chi connectivity index (χ0v) is 16.7. The van der Waals surface area contributed by atoms with Crippen molar-refractivity contribution >= 4 is 16.7 Å². The Bertz CT molecular complexity index is 1140. The normalized spacial score (nSPS) is 21.2. The second-order valence-corrected chi connectivity index (χ2v) is 8.06. The summed E-state index contributed by atoms with van der Waals surface area (Å²) in [5.74, 6) is -0.140. The van der Waals surface area contributed by atoms with Gasteiger partial charge in [0.25, 0.3) is 11.5 Å². The quantitative estimate of drug-likeness (QED) is 0.725. The van der Waals surface area contributed by atoms with E-state index in [1.807, 2.05) is 30.3 Å². The van der Waals surface area contributed by atoms with Crippen LogP contribution in [0.5, 0.6) is 0 Å². The second kappa shape index (κ2) is 7.99. The Balaban J connectivity index is 1.26. The fraction of sp³-hybridized carbons (Fsp3) is 0.391. The van der Waals surface area contributed by atoms with Gasteiger partial charge in [-0.2, -0.15) is 5.10 Å². The van der Waals surface area contributed by atoms with Gasteiger partial charge in [-0.25, -0.2) is 4.68 Å². The molecule has 0 bridgehead atoms. The highest BCUT2D eigenvalue weighted by molar-refractivity contribution is 6.05. The molecule has 1 amide bonds. The molecular weight excluding hydrogens is 380 g/mol. The van der Waals surface area contributed by atoms with E-state index in [9.17, 15) is 9.59 Å². The van der Waals surface area contributed by atoms with Crippen LogP contribution in [-0.2, 0) is 17.8 Å². The third kappa shape index (κ3) is 3.61. The number of carbonyl (C=O) groups excluding carboxylic acids is 1. The Kier molecular flexibility index (Phi) is 5.04. The molecule has 30 heavy (non-hydrogen) atoms. The Morgan fingerprint density at radius 3 is 2.83 bits per heavy atom. The van der Waals surface area contributed by atoms with Crippen LogP contribution in [0.3, 0.4) is 0 Å². The number of nitrogens with one attached hydrogen (secondary N) is 1. The SMILES string of the molecule is O=C(NC1CCC(n2nc3c(cc2=O)COCC3)CC1)c1nccc2ccccc12. The largest absolute Gasteiger partial charge is 0.376 e. The van der Waals surface area contributed by atoms with Gasteiger partial charge in [0, 0.05) is 35.7 Å². The predicted octanol–water partition coefficient (Wildman–Crippen LogP) is 2.78. The summed E-state index contributed by atoms with van der Waals surface area (Å²) in [6.45, 7) is 1.12. The number of benzene rings is 1. The Hall–Kier alpha value is -3.06. The van der Waals surface area contributed by atoms with Gasteiger partial charge in [-0.15, -0.1) is 0 Å². The van der Waals surface area contributed by atoms with Crippen molar-refractivity contribution in [3.63, 3.8) is 0 Å². The summed E-state index contributed by atoms with van der Waals surface area (Å²) in [7, 11) is 0. The number of pyridine rings is 1. The minimum Gasteiger partial charge on any atom is -0.376 e. The molecule has 7 nitrogen and oxygen atoms in total. The standard InChI is InChI=1S/C23H24N4O3/c28-21-13-16-14-30-12-10-20(16)26-27(21)18-7-5-17(6-8-18)25-23(29)22-19-4-2-1-3-15(19)9-11-24-22/h1-4,9,11,13,17-18H,5-8,10,12,14H2,(H,25,29). The average molecular weight is 404 g/mol. The van der Waals surface area contributed by atoms with Gasteiger partial charge < -0.3 is 10.1 Å².